The zero-order valence-electron chi connectivity index (χ0n) is 8.88. The van der Waals surface area contributed by atoms with Gasteiger partial charge < -0.3 is 5.32 Å². The number of aryl methyl sites for hydroxylation is 1. The summed E-state index contributed by atoms with van der Waals surface area (Å²) in [6, 6.07) is 0. The molecule has 76 valence electrons. The number of hydrogen-bond acceptors (Lipinski definition) is 3. The van der Waals surface area contributed by atoms with Crippen molar-refractivity contribution in [3.05, 3.63) is 23.8 Å². The standard InChI is InChI=1S/C11H17N3/c1-9-12-6-10(7-13-9)8-14-11(2)4-3-5-11/h6-7,14H,3-5,8H2,1-2H3. The van der Waals surface area contributed by atoms with Gasteiger partial charge in [0.1, 0.15) is 5.82 Å². The monoisotopic (exact) mass is 191 g/mol. The fourth-order valence-corrected chi connectivity index (χ4v) is 1.71. The van der Waals surface area contributed by atoms with Crippen LogP contribution in [0.3, 0.4) is 0 Å². The van der Waals surface area contributed by atoms with Gasteiger partial charge >= 0.3 is 0 Å². The van der Waals surface area contributed by atoms with E-state index in [0.717, 1.165) is 12.4 Å². The highest BCUT2D eigenvalue weighted by Crippen LogP contribution is 2.31. The van der Waals surface area contributed by atoms with Crippen LogP contribution in [0.5, 0.6) is 0 Å². The summed E-state index contributed by atoms with van der Waals surface area (Å²) in [7, 11) is 0. The van der Waals surface area contributed by atoms with Crippen molar-refractivity contribution in [3.8, 4) is 0 Å². The molecule has 2 rings (SSSR count). The largest absolute Gasteiger partial charge is 0.307 e. The van der Waals surface area contributed by atoms with E-state index in [2.05, 4.69) is 22.2 Å². The normalized spacial score (nSPS) is 19.0. The lowest BCUT2D eigenvalue weighted by atomic mass is 9.78. The highest BCUT2D eigenvalue weighted by atomic mass is 15.0. The van der Waals surface area contributed by atoms with Crippen LogP contribution >= 0.6 is 0 Å². The van der Waals surface area contributed by atoms with E-state index in [9.17, 15) is 0 Å². The third kappa shape index (κ3) is 2.10. The Labute approximate surface area is 85.0 Å². The maximum atomic E-state index is 4.17. The molecule has 1 aliphatic carbocycles. The van der Waals surface area contributed by atoms with Crippen LogP contribution in [0.15, 0.2) is 12.4 Å². The highest BCUT2D eigenvalue weighted by molar-refractivity contribution is 5.06. The molecule has 3 nitrogen and oxygen atoms in total. The Morgan fingerprint density at radius 2 is 2.00 bits per heavy atom. The molecule has 1 saturated carbocycles. The van der Waals surface area contributed by atoms with Crippen molar-refractivity contribution in [3.63, 3.8) is 0 Å². The van der Waals surface area contributed by atoms with Crippen LogP contribution in [0.1, 0.15) is 37.6 Å². The second kappa shape index (κ2) is 3.65. The Bertz CT molecular complexity index is 301. The summed E-state index contributed by atoms with van der Waals surface area (Å²) in [5.41, 5.74) is 1.54. The SMILES string of the molecule is Cc1ncc(CNC2(C)CCC2)cn1. The van der Waals surface area contributed by atoms with Gasteiger partial charge in [-0.1, -0.05) is 0 Å². The third-order valence-electron chi connectivity index (χ3n) is 3.01. The first-order valence-corrected chi connectivity index (χ1v) is 5.21. The van der Waals surface area contributed by atoms with E-state index < -0.39 is 0 Å². The lowest BCUT2D eigenvalue weighted by Gasteiger charge is -2.39. The number of rotatable bonds is 3. The van der Waals surface area contributed by atoms with Gasteiger partial charge in [0.25, 0.3) is 0 Å². The molecule has 1 aliphatic rings. The van der Waals surface area contributed by atoms with Crippen LogP contribution < -0.4 is 5.32 Å². The topological polar surface area (TPSA) is 37.8 Å². The van der Waals surface area contributed by atoms with Gasteiger partial charge in [0, 0.05) is 30.0 Å². The molecular formula is C11H17N3. The zero-order valence-corrected chi connectivity index (χ0v) is 8.88. The Hall–Kier alpha value is -0.960. The molecule has 1 aromatic heterocycles. The minimum Gasteiger partial charge on any atom is -0.307 e. The summed E-state index contributed by atoms with van der Waals surface area (Å²) in [4.78, 5) is 8.35. The van der Waals surface area contributed by atoms with E-state index in [-0.39, 0.29) is 0 Å². The molecular weight excluding hydrogens is 174 g/mol. The zero-order chi connectivity index (χ0) is 10.0. The van der Waals surface area contributed by atoms with Crippen molar-refractivity contribution in [1.29, 1.82) is 0 Å². The summed E-state index contributed by atoms with van der Waals surface area (Å²) in [6.45, 7) is 5.08. The first-order chi connectivity index (χ1) is 6.68. The van der Waals surface area contributed by atoms with E-state index in [1.807, 2.05) is 19.3 Å². The van der Waals surface area contributed by atoms with Gasteiger partial charge in [0.05, 0.1) is 0 Å². The fourth-order valence-electron chi connectivity index (χ4n) is 1.71. The fraction of sp³-hybridized carbons (Fsp3) is 0.636. The molecule has 0 saturated heterocycles. The van der Waals surface area contributed by atoms with Gasteiger partial charge in [-0.3, -0.25) is 0 Å². The Kier molecular flexibility index (Phi) is 2.50. The van der Waals surface area contributed by atoms with Crippen molar-refractivity contribution in [2.24, 2.45) is 0 Å². The van der Waals surface area contributed by atoms with Gasteiger partial charge in [-0.15, -0.1) is 0 Å². The van der Waals surface area contributed by atoms with E-state index in [0.29, 0.717) is 5.54 Å². The number of aromatic nitrogens is 2. The van der Waals surface area contributed by atoms with E-state index >= 15 is 0 Å². The average Bonchev–Trinajstić information content (AvgIpc) is 2.14. The summed E-state index contributed by atoms with van der Waals surface area (Å²) in [5, 5.41) is 3.55. The van der Waals surface area contributed by atoms with Crippen LogP contribution in [0, 0.1) is 6.92 Å². The minimum absolute atomic E-state index is 0.366. The molecule has 0 aliphatic heterocycles. The molecule has 0 bridgehead atoms. The molecule has 0 aromatic carbocycles. The summed E-state index contributed by atoms with van der Waals surface area (Å²) in [5.74, 6) is 0.837. The predicted octanol–water partition coefficient (Wildman–Crippen LogP) is 1.82. The highest BCUT2D eigenvalue weighted by Gasteiger charge is 2.30. The number of nitrogens with one attached hydrogen (secondary N) is 1. The van der Waals surface area contributed by atoms with Gasteiger partial charge in [-0.25, -0.2) is 9.97 Å². The molecule has 0 atom stereocenters. The van der Waals surface area contributed by atoms with Crippen molar-refractivity contribution >= 4 is 0 Å². The summed E-state index contributed by atoms with van der Waals surface area (Å²) < 4.78 is 0. The Morgan fingerprint density at radius 3 is 2.50 bits per heavy atom. The maximum absolute atomic E-state index is 4.17. The maximum Gasteiger partial charge on any atom is 0.125 e. The van der Waals surface area contributed by atoms with Crippen LogP contribution in [0.2, 0.25) is 0 Å². The van der Waals surface area contributed by atoms with Crippen molar-refractivity contribution < 1.29 is 0 Å². The smallest absolute Gasteiger partial charge is 0.125 e. The molecule has 3 heteroatoms. The first-order valence-electron chi connectivity index (χ1n) is 5.21. The van der Waals surface area contributed by atoms with Crippen molar-refractivity contribution in [2.45, 2.75) is 45.2 Å². The molecule has 0 spiro atoms. The Morgan fingerprint density at radius 1 is 1.36 bits per heavy atom. The van der Waals surface area contributed by atoms with Gasteiger partial charge in [-0.2, -0.15) is 0 Å². The van der Waals surface area contributed by atoms with Crippen LogP contribution in [0.4, 0.5) is 0 Å². The number of nitrogens with zero attached hydrogens (tertiary/aromatic N) is 2. The van der Waals surface area contributed by atoms with Crippen LogP contribution in [0.25, 0.3) is 0 Å². The van der Waals surface area contributed by atoms with Gasteiger partial charge in [0.2, 0.25) is 0 Å². The van der Waals surface area contributed by atoms with E-state index in [1.54, 1.807) is 0 Å². The molecule has 14 heavy (non-hydrogen) atoms. The number of hydrogen-bond donors (Lipinski definition) is 1. The molecule has 1 aromatic rings. The molecule has 1 N–H and O–H groups in total. The molecule has 0 radical (unpaired) electrons. The van der Waals surface area contributed by atoms with E-state index in [4.69, 9.17) is 0 Å². The van der Waals surface area contributed by atoms with Crippen molar-refractivity contribution in [2.75, 3.05) is 0 Å². The second-order valence-corrected chi connectivity index (χ2v) is 4.41. The molecule has 1 heterocycles. The molecule has 1 fully saturated rings. The first kappa shape index (κ1) is 9.59. The van der Waals surface area contributed by atoms with Gasteiger partial charge in [0.15, 0.2) is 0 Å². The lowest BCUT2D eigenvalue weighted by molar-refractivity contribution is 0.206. The Balaban J connectivity index is 1.88. The third-order valence-corrected chi connectivity index (χ3v) is 3.01. The quantitative estimate of drug-likeness (QED) is 0.792. The predicted molar refractivity (Wildman–Crippen MR) is 55.9 cm³/mol. The van der Waals surface area contributed by atoms with Crippen molar-refractivity contribution in [1.82, 2.24) is 15.3 Å². The van der Waals surface area contributed by atoms with E-state index in [1.165, 1.54) is 24.8 Å². The summed E-state index contributed by atoms with van der Waals surface area (Å²) in [6.07, 6.45) is 7.74. The average molecular weight is 191 g/mol. The second-order valence-electron chi connectivity index (χ2n) is 4.41. The van der Waals surface area contributed by atoms with Crippen LogP contribution in [-0.4, -0.2) is 15.5 Å². The lowest BCUT2D eigenvalue weighted by Crippen LogP contribution is -2.47. The minimum atomic E-state index is 0.366. The van der Waals surface area contributed by atoms with Crippen LogP contribution in [-0.2, 0) is 6.54 Å². The summed E-state index contributed by atoms with van der Waals surface area (Å²) >= 11 is 0. The van der Waals surface area contributed by atoms with Gasteiger partial charge in [-0.05, 0) is 33.1 Å². The molecule has 0 unspecified atom stereocenters. The molecule has 0 amide bonds.